The SMILES string of the molecule is O=CC1=C(c2ccc(Cl)c(Cl)c2)C2CCC1CC2. The number of allylic oxidation sites excluding steroid dienone is 2. The molecule has 1 aromatic rings. The van der Waals surface area contributed by atoms with Crippen molar-refractivity contribution in [2.75, 3.05) is 0 Å². The van der Waals surface area contributed by atoms with Gasteiger partial charge in [0.15, 0.2) is 0 Å². The summed E-state index contributed by atoms with van der Waals surface area (Å²) in [6, 6.07) is 5.69. The zero-order chi connectivity index (χ0) is 12.7. The van der Waals surface area contributed by atoms with Crippen LogP contribution in [0.2, 0.25) is 10.0 Å². The van der Waals surface area contributed by atoms with Gasteiger partial charge in [0.05, 0.1) is 10.0 Å². The molecule has 4 rings (SSSR count). The maximum atomic E-state index is 11.4. The largest absolute Gasteiger partial charge is 0.298 e. The van der Waals surface area contributed by atoms with Crippen LogP contribution in [0.15, 0.2) is 23.8 Å². The van der Waals surface area contributed by atoms with Crippen LogP contribution in [-0.2, 0) is 4.79 Å². The Morgan fingerprint density at radius 2 is 1.67 bits per heavy atom. The summed E-state index contributed by atoms with van der Waals surface area (Å²) in [5.74, 6) is 0.976. The summed E-state index contributed by atoms with van der Waals surface area (Å²) in [5.41, 5.74) is 3.28. The molecule has 3 aliphatic rings. The lowest BCUT2D eigenvalue weighted by molar-refractivity contribution is -0.105. The van der Waals surface area contributed by atoms with E-state index in [0.29, 0.717) is 21.9 Å². The summed E-state index contributed by atoms with van der Waals surface area (Å²) < 4.78 is 0. The van der Waals surface area contributed by atoms with Crippen molar-refractivity contribution >= 4 is 35.1 Å². The predicted molar refractivity (Wildman–Crippen MR) is 74.9 cm³/mol. The zero-order valence-electron chi connectivity index (χ0n) is 9.96. The molecule has 0 heterocycles. The fourth-order valence-electron chi connectivity index (χ4n) is 3.37. The summed E-state index contributed by atoms with van der Waals surface area (Å²) in [6.45, 7) is 0. The first-order chi connectivity index (χ1) is 8.70. The minimum atomic E-state index is 0.456. The van der Waals surface area contributed by atoms with Gasteiger partial charge in [-0.2, -0.15) is 0 Å². The lowest BCUT2D eigenvalue weighted by Crippen LogP contribution is -2.26. The lowest BCUT2D eigenvalue weighted by Gasteiger charge is -2.38. The van der Waals surface area contributed by atoms with Gasteiger partial charge in [-0.25, -0.2) is 0 Å². The van der Waals surface area contributed by atoms with Gasteiger partial charge in [0, 0.05) is 0 Å². The Morgan fingerprint density at radius 3 is 2.28 bits per heavy atom. The van der Waals surface area contributed by atoms with Crippen LogP contribution in [0.5, 0.6) is 0 Å². The van der Waals surface area contributed by atoms with Crippen molar-refractivity contribution in [2.45, 2.75) is 25.7 Å². The fourth-order valence-corrected chi connectivity index (χ4v) is 3.67. The van der Waals surface area contributed by atoms with Gasteiger partial charge in [-0.15, -0.1) is 0 Å². The molecule has 1 saturated carbocycles. The predicted octanol–water partition coefficient (Wildman–Crippen LogP) is 4.77. The molecule has 0 N–H and O–H groups in total. The van der Waals surface area contributed by atoms with Crippen molar-refractivity contribution in [3.63, 3.8) is 0 Å². The smallest absolute Gasteiger partial charge is 0.146 e. The van der Waals surface area contributed by atoms with E-state index in [4.69, 9.17) is 23.2 Å². The third kappa shape index (κ3) is 1.90. The van der Waals surface area contributed by atoms with E-state index < -0.39 is 0 Å². The van der Waals surface area contributed by atoms with Crippen molar-refractivity contribution in [1.82, 2.24) is 0 Å². The molecule has 1 aromatic carbocycles. The highest BCUT2D eigenvalue weighted by Gasteiger charge is 2.35. The molecule has 1 nitrogen and oxygen atoms in total. The second kappa shape index (κ2) is 4.71. The van der Waals surface area contributed by atoms with Gasteiger partial charge in [0.2, 0.25) is 0 Å². The molecule has 0 aromatic heterocycles. The topological polar surface area (TPSA) is 17.1 Å². The third-order valence-electron chi connectivity index (χ3n) is 4.24. The van der Waals surface area contributed by atoms with Gasteiger partial charge in [-0.3, -0.25) is 4.79 Å². The van der Waals surface area contributed by atoms with Gasteiger partial charge in [-0.05, 0) is 66.4 Å². The number of hydrogen-bond acceptors (Lipinski definition) is 1. The number of halogens is 2. The molecule has 2 bridgehead atoms. The Morgan fingerprint density at radius 1 is 1.00 bits per heavy atom. The second-order valence-electron chi connectivity index (χ2n) is 5.16. The average molecular weight is 281 g/mol. The molecule has 0 radical (unpaired) electrons. The normalized spacial score (nSPS) is 26.6. The lowest BCUT2D eigenvalue weighted by atomic mass is 9.65. The highest BCUT2D eigenvalue weighted by atomic mass is 35.5. The first kappa shape index (κ1) is 12.3. The van der Waals surface area contributed by atoms with E-state index >= 15 is 0 Å². The second-order valence-corrected chi connectivity index (χ2v) is 5.98. The Labute approximate surface area is 117 Å². The standard InChI is InChI=1S/C15H14Cl2O/c16-13-6-5-11(7-14(13)17)15-10-3-1-9(2-4-10)12(15)8-18/h5-10H,1-4H2. The van der Waals surface area contributed by atoms with Gasteiger partial charge >= 0.3 is 0 Å². The van der Waals surface area contributed by atoms with Crippen molar-refractivity contribution in [1.29, 1.82) is 0 Å². The number of fused-ring (bicyclic) bond motifs is 2. The summed E-state index contributed by atoms with van der Waals surface area (Å²) in [5, 5.41) is 1.13. The van der Waals surface area contributed by atoms with Crippen molar-refractivity contribution in [2.24, 2.45) is 11.8 Å². The molecule has 0 unspecified atom stereocenters. The average Bonchev–Trinajstić information content (AvgIpc) is 2.42. The van der Waals surface area contributed by atoms with Crippen LogP contribution in [-0.4, -0.2) is 6.29 Å². The molecule has 0 spiro atoms. The van der Waals surface area contributed by atoms with Gasteiger partial charge in [-0.1, -0.05) is 29.3 Å². The molecule has 0 saturated heterocycles. The molecular weight excluding hydrogens is 267 g/mol. The van der Waals surface area contributed by atoms with Gasteiger partial charge < -0.3 is 0 Å². The highest BCUT2D eigenvalue weighted by molar-refractivity contribution is 6.42. The molecule has 94 valence electrons. The number of aldehydes is 1. The first-order valence-corrected chi connectivity index (χ1v) is 7.11. The molecule has 0 atom stereocenters. The Bertz CT molecular complexity index is 525. The molecule has 0 aliphatic heterocycles. The van der Waals surface area contributed by atoms with Crippen LogP contribution in [0.25, 0.3) is 5.57 Å². The van der Waals surface area contributed by atoms with E-state index in [1.165, 1.54) is 18.4 Å². The number of hydrogen-bond donors (Lipinski definition) is 0. The van der Waals surface area contributed by atoms with E-state index in [0.717, 1.165) is 30.3 Å². The summed E-state index contributed by atoms with van der Waals surface area (Å²) >= 11 is 12.0. The van der Waals surface area contributed by atoms with Gasteiger partial charge in [0.25, 0.3) is 0 Å². The molecule has 3 heteroatoms. The van der Waals surface area contributed by atoms with Crippen molar-refractivity contribution in [3.8, 4) is 0 Å². The minimum Gasteiger partial charge on any atom is -0.298 e. The van der Waals surface area contributed by atoms with E-state index in [-0.39, 0.29) is 0 Å². The zero-order valence-corrected chi connectivity index (χ0v) is 11.5. The molecule has 18 heavy (non-hydrogen) atoms. The van der Waals surface area contributed by atoms with Crippen LogP contribution in [0, 0.1) is 11.8 Å². The fraction of sp³-hybridized carbons (Fsp3) is 0.400. The molecule has 3 aliphatic carbocycles. The quantitative estimate of drug-likeness (QED) is 0.714. The summed E-state index contributed by atoms with van der Waals surface area (Å²) in [7, 11) is 0. The maximum absolute atomic E-state index is 11.4. The van der Waals surface area contributed by atoms with Crippen LogP contribution in [0.1, 0.15) is 31.2 Å². The Hall–Kier alpha value is -0.790. The van der Waals surface area contributed by atoms with Crippen molar-refractivity contribution in [3.05, 3.63) is 39.4 Å². The van der Waals surface area contributed by atoms with E-state index in [1.807, 2.05) is 18.2 Å². The molecule has 1 fully saturated rings. The van der Waals surface area contributed by atoms with Crippen LogP contribution < -0.4 is 0 Å². The van der Waals surface area contributed by atoms with E-state index in [2.05, 4.69) is 0 Å². The van der Waals surface area contributed by atoms with E-state index in [1.54, 1.807) is 0 Å². The summed E-state index contributed by atoms with van der Waals surface area (Å²) in [4.78, 5) is 11.4. The van der Waals surface area contributed by atoms with E-state index in [9.17, 15) is 4.79 Å². The van der Waals surface area contributed by atoms with Crippen LogP contribution >= 0.6 is 23.2 Å². The highest BCUT2D eigenvalue weighted by Crippen LogP contribution is 2.48. The maximum Gasteiger partial charge on any atom is 0.146 e. The monoisotopic (exact) mass is 280 g/mol. The molecule has 0 amide bonds. The number of rotatable bonds is 2. The third-order valence-corrected chi connectivity index (χ3v) is 4.98. The van der Waals surface area contributed by atoms with Crippen LogP contribution in [0.3, 0.4) is 0 Å². The summed E-state index contributed by atoms with van der Waals surface area (Å²) in [6.07, 6.45) is 5.75. The minimum absolute atomic E-state index is 0.456. The molecular formula is C15H14Cl2O. The van der Waals surface area contributed by atoms with Gasteiger partial charge in [0.1, 0.15) is 6.29 Å². The van der Waals surface area contributed by atoms with Crippen LogP contribution in [0.4, 0.5) is 0 Å². The first-order valence-electron chi connectivity index (χ1n) is 6.35. The Balaban J connectivity index is 2.13. The number of benzene rings is 1. The number of carbonyl (C=O) groups excluding carboxylic acids is 1. The number of carbonyl (C=O) groups is 1. The Kier molecular flexibility index (Phi) is 3.21. The van der Waals surface area contributed by atoms with Crippen molar-refractivity contribution < 1.29 is 4.79 Å².